The molecule has 37 nitrogen and oxygen atoms in total. The van der Waals surface area contributed by atoms with E-state index in [1.54, 1.807) is 89.3 Å². The number of amides is 11. The zero-order valence-electron chi connectivity index (χ0n) is 61.6. The van der Waals surface area contributed by atoms with Gasteiger partial charge in [-0.3, -0.25) is 52.7 Å². The van der Waals surface area contributed by atoms with E-state index in [0.29, 0.717) is 60.9 Å². The quantitative estimate of drug-likeness (QED) is 0.0251. The molecular formula is C71H90N24O13. The second-order valence-electron chi connectivity index (χ2n) is 26.0. The van der Waals surface area contributed by atoms with E-state index in [0.717, 1.165) is 24.2 Å². The van der Waals surface area contributed by atoms with Crippen LogP contribution in [0.25, 0.3) is 0 Å². The standard InChI is InChI=1S/C71H90N24O13/c1-86(2)25-13-23-73-64(101)50-31-45(36-87(50)3)76-66(103)52-33-47(38-89(52)5)78-67(104)53-32-46(37-90(53)6)77-65(102)51-30-44(35-88(51)4)75-59(99)16-12-22-74-69(106)61-82-57(42-92(61)8)85-71(108)63-83-56(41-94(63)10)84-68(105)54-34-48(39-91(54)7)79-70(107)62-81-55(40-93(62)9)80-60(100)21-24-72-58(98)15-11-14-43-17-19-49(20-18-43)95(26-28-96)27-29-97/h17-20,30-42,96-97H,11-16,21-29H2,1-10H3,(H,72,98)(H,73,101)(H,74,106)(H,75,99)(H,76,103)(H,77,102)(H,78,104)(H,79,107)(H,80,100)(H,84,105)(H,85,108). The predicted molar refractivity (Wildman–Crippen MR) is 402 cm³/mol. The Bertz CT molecular complexity index is 4800. The molecule has 9 rings (SSSR count). The van der Waals surface area contributed by atoms with Crippen LogP contribution < -0.4 is 63.4 Å². The number of carbonyl (C=O) groups excluding carboxylic acids is 11. The van der Waals surface area contributed by atoms with Crippen molar-refractivity contribution in [1.82, 2.24) is 72.3 Å². The first-order valence-corrected chi connectivity index (χ1v) is 34.5. The maximum absolute atomic E-state index is 13.5. The highest BCUT2D eigenvalue weighted by Gasteiger charge is 2.25. The average molecular weight is 1490 g/mol. The lowest BCUT2D eigenvalue weighted by molar-refractivity contribution is -0.121. The van der Waals surface area contributed by atoms with Gasteiger partial charge >= 0.3 is 0 Å². The molecule has 0 saturated heterocycles. The van der Waals surface area contributed by atoms with E-state index in [-0.39, 0.29) is 127 Å². The maximum Gasteiger partial charge on any atom is 0.292 e. The van der Waals surface area contributed by atoms with Gasteiger partial charge in [-0.05, 0) is 94.4 Å². The van der Waals surface area contributed by atoms with Crippen molar-refractivity contribution in [2.45, 2.75) is 44.9 Å². The van der Waals surface area contributed by atoms with E-state index >= 15 is 0 Å². The van der Waals surface area contributed by atoms with Crippen LogP contribution in [0.5, 0.6) is 0 Å². The molecule has 0 aliphatic carbocycles. The molecule has 0 aliphatic rings. The molecule has 0 bridgehead atoms. The number of nitrogens with zero attached hydrogens (tertiary/aromatic N) is 13. The van der Waals surface area contributed by atoms with Crippen molar-refractivity contribution < 1.29 is 63.0 Å². The summed E-state index contributed by atoms with van der Waals surface area (Å²) in [6, 6.07) is 15.2. The van der Waals surface area contributed by atoms with Crippen LogP contribution in [-0.2, 0) is 77.2 Å². The van der Waals surface area contributed by atoms with Crippen LogP contribution in [0.1, 0.15) is 128 Å². The minimum Gasteiger partial charge on any atom is -0.395 e. The Balaban J connectivity index is 0.663. The van der Waals surface area contributed by atoms with Gasteiger partial charge in [0.1, 0.15) is 28.5 Å². The monoisotopic (exact) mass is 1490 g/mol. The number of imidazole rings is 3. The third-order valence-electron chi connectivity index (χ3n) is 17.0. The van der Waals surface area contributed by atoms with Crippen LogP contribution in [0.4, 0.5) is 51.6 Å². The van der Waals surface area contributed by atoms with E-state index in [1.165, 1.54) is 83.5 Å². The summed E-state index contributed by atoms with van der Waals surface area (Å²) in [5.74, 6) is -5.51. The summed E-state index contributed by atoms with van der Waals surface area (Å²) in [7, 11) is 16.8. The van der Waals surface area contributed by atoms with Crippen LogP contribution >= 0.6 is 0 Å². The molecule has 11 amide bonds. The van der Waals surface area contributed by atoms with E-state index in [2.05, 4.69) is 73.4 Å². The van der Waals surface area contributed by atoms with Crippen molar-refractivity contribution in [3.8, 4) is 0 Å². The number of carbonyl (C=O) groups is 11. The minimum absolute atomic E-state index is 0.00936. The summed E-state index contributed by atoms with van der Waals surface area (Å²) < 4.78 is 11.9. The van der Waals surface area contributed by atoms with E-state index in [9.17, 15) is 63.0 Å². The molecule has 0 aliphatic heterocycles. The molecule has 37 heteroatoms. The molecule has 9 aromatic rings. The smallest absolute Gasteiger partial charge is 0.292 e. The Labute approximate surface area is 620 Å². The van der Waals surface area contributed by atoms with Gasteiger partial charge in [-0.15, -0.1) is 0 Å². The van der Waals surface area contributed by atoms with E-state index in [1.807, 2.05) is 48.2 Å². The molecule has 8 heterocycles. The summed E-state index contributed by atoms with van der Waals surface area (Å²) in [4.78, 5) is 162. The summed E-state index contributed by atoms with van der Waals surface area (Å²) in [6.45, 7) is 2.21. The first-order chi connectivity index (χ1) is 51.5. The maximum atomic E-state index is 13.5. The first-order valence-electron chi connectivity index (χ1n) is 34.5. The van der Waals surface area contributed by atoms with Gasteiger partial charge in [0.2, 0.25) is 35.2 Å². The van der Waals surface area contributed by atoms with Gasteiger partial charge in [0.15, 0.2) is 17.5 Å². The Morgan fingerprint density at radius 1 is 0.352 bits per heavy atom. The number of aliphatic hydroxyl groups is 2. The highest BCUT2D eigenvalue weighted by atomic mass is 16.3. The number of aryl methyl sites for hydroxylation is 9. The lowest BCUT2D eigenvalue weighted by atomic mass is 10.1. The van der Waals surface area contributed by atoms with Crippen molar-refractivity contribution >= 4 is 117 Å². The van der Waals surface area contributed by atoms with E-state index < -0.39 is 53.2 Å². The van der Waals surface area contributed by atoms with Crippen molar-refractivity contribution in [3.63, 3.8) is 0 Å². The van der Waals surface area contributed by atoms with Gasteiger partial charge < -0.3 is 115 Å². The number of aromatic nitrogens is 11. The Hall–Kier alpha value is -12.9. The van der Waals surface area contributed by atoms with E-state index in [4.69, 9.17) is 0 Å². The fraction of sp³-hybridized carbons (Fsp3) is 0.352. The summed E-state index contributed by atoms with van der Waals surface area (Å²) in [6.07, 6.45) is 14.5. The van der Waals surface area contributed by atoms with Gasteiger partial charge in [-0.25, -0.2) is 15.0 Å². The zero-order chi connectivity index (χ0) is 78.0. The summed E-state index contributed by atoms with van der Waals surface area (Å²) in [5.41, 5.74) is 4.64. The number of nitrogens with one attached hydrogen (secondary N) is 11. The summed E-state index contributed by atoms with van der Waals surface area (Å²) >= 11 is 0. The number of rotatable bonds is 36. The molecule has 13 N–H and O–H groups in total. The lowest BCUT2D eigenvalue weighted by Gasteiger charge is -2.23. The molecule has 0 unspecified atom stereocenters. The SMILES string of the molecule is CN(C)CCCNC(=O)c1cc(NC(=O)c2cc(NC(=O)c3cc(NC(=O)c4cc(NC(=O)CCCNC(=O)c5nc(NC(=O)c6nc(NC(=O)c7cc(NC(=O)c8nc(NC(=O)CCNC(=O)CCCc9ccc(N(CCO)CCO)cc9)cn8C)cn7C)cn6C)cn5C)cn4C)cn3C)cn2C)cn1C. The fourth-order valence-corrected chi connectivity index (χ4v) is 11.6. The van der Waals surface area contributed by atoms with Crippen LogP contribution in [0.15, 0.2) is 104 Å². The van der Waals surface area contributed by atoms with Gasteiger partial charge in [-0.1, -0.05) is 12.1 Å². The molecule has 0 saturated carbocycles. The fourth-order valence-electron chi connectivity index (χ4n) is 11.6. The second-order valence-corrected chi connectivity index (χ2v) is 26.0. The van der Waals surface area contributed by atoms with Gasteiger partial charge in [0.05, 0.1) is 41.7 Å². The van der Waals surface area contributed by atoms with Crippen molar-refractivity contribution in [2.24, 2.45) is 56.4 Å². The van der Waals surface area contributed by atoms with Crippen molar-refractivity contribution in [1.29, 1.82) is 0 Å². The third-order valence-corrected chi connectivity index (χ3v) is 17.0. The predicted octanol–water partition coefficient (Wildman–Crippen LogP) is 3.18. The lowest BCUT2D eigenvalue weighted by Crippen LogP contribution is -2.29. The van der Waals surface area contributed by atoms with Gasteiger partial charge in [0.25, 0.3) is 47.3 Å². The second kappa shape index (κ2) is 36.2. The highest BCUT2D eigenvalue weighted by Crippen LogP contribution is 2.24. The Morgan fingerprint density at radius 2 is 0.713 bits per heavy atom. The summed E-state index contributed by atoms with van der Waals surface area (Å²) in [5, 5.41) is 48.7. The molecular weight excluding hydrogens is 1400 g/mol. The molecule has 8 aromatic heterocycles. The molecule has 572 valence electrons. The number of aliphatic hydroxyl groups excluding tert-OH is 2. The molecule has 108 heavy (non-hydrogen) atoms. The molecule has 1 aromatic carbocycles. The zero-order valence-corrected chi connectivity index (χ0v) is 61.6. The average Bonchev–Trinajstić information content (AvgIpc) is 1.23. The Kier molecular flexibility index (Phi) is 26.6. The molecule has 0 radical (unpaired) electrons. The van der Waals surface area contributed by atoms with Crippen LogP contribution in [-0.4, -0.2) is 198 Å². The van der Waals surface area contributed by atoms with Crippen LogP contribution in [0, 0.1) is 0 Å². The number of anilines is 9. The molecule has 0 atom stereocenters. The van der Waals surface area contributed by atoms with Gasteiger partial charge in [0, 0.05) is 164 Å². The number of hydrogen-bond donors (Lipinski definition) is 13. The number of benzene rings is 1. The number of hydrogen-bond acceptors (Lipinski definition) is 18. The molecule has 0 spiro atoms. The highest BCUT2D eigenvalue weighted by molar-refractivity contribution is 6.10. The third kappa shape index (κ3) is 21.2. The first kappa shape index (κ1) is 79.2. The van der Waals surface area contributed by atoms with Crippen LogP contribution in [0.2, 0.25) is 0 Å². The Morgan fingerprint density at radius 3 is 1.17 bits per heavy atom. The van der Waals surface area contributed by atoms with Crippen molar-refractivity contribution in [2.75, 3.05) is 114 Å². The normalized spacial score (nSPS) is 11.1. The topological polar surface area (TPSA) is 445 Å². The van der Waals surface area contributed by atoms with Gasteiger partial charge in [-0.2, -0.15) is 0 Å². The molecule has 0 fully saturated rings. The van der Waals surface area contributed by atoms with Crippen molar-refractivity contribution in [3.05, 3.63) is 156 Å². The minimum atomic E-state index is -0.718. The van der Waals surface area contributed by atoms with Crippen LogP contribution in [0.3, 0.4) is 0 Å². The largest absolute Gasteiger partial charge is 0.395 e.